The standard InChI is InChI=1S/C10H11BrFNO/c1-2-13-9-5-14-10-4-8(12)7(11)3-6(9)10/h3-4,9,13H,2,5H2,1H3. The van der Waals surface area contributed by atoms with E-state index >= 15 is 0 Å². The van der Waals surface area contributed by atoms with Crippen LogP contribution in [-0.2, 0) is 0 Å². The Kier molecular flexibility index (Phi) is 2.74. The van der Waals surface area contributed by atoms with Crippen molar-refractivity contribution < 1.29 is 9.13 Å². The lowest BCUT2D eigenvalue weighted by molar-refractivity contribution is 0.312. The maximum absolute atomic E-state index is 13.1. The second-order valence-corrected chi connectivity index (χ2v) is 4.08. The fourth-order valence-corrected chi connectivity index (χ4v) is 1.98. The highest BCUT2D eigenvalue weighted by Crippen LogP contribution is 2.35. The van der Waals surface area contributed by atoms with E-state index in [1.54, 1.807) is 6.07 Å². The summed E-state index contributed by atoms with van der Waals surface area (Å²) >= 11 is 3.17. The lowest BCUT2D eigenvalue weighted by Crippen LogP contribution is -2.21. The Morgan fingerprint density at radius 2 is 2.43 bits per heavy atom. The SMILES string of the molecule is CCNC1COc2cc(F)c(Br)cc21. The molecule has 0 fully saturated rings. The topological polar surface area (TPSA) is 21.3 Å². The van der Waals surface area contributed by atoms with E-state index in [0.29, 0.717) is 16.8 Å². The Morgan fingerprint density at radius 1 is 1.64 bits per heavy atom. The molecule has 1 N–H and O–H groups in total. The number of hydrogen-bond donors (Lipinski definition) is 1. The highest BCUT2D eigenvalue weighted by molar-refractivity contribution is 9.10. The minimum absolute atomic E-state index is 0.187. The number of fused-ring (bicyclic) bond motifs is 1. The van der Waals surface area contributed by atoms with Crippen molar-refractivity contribution in [2.45, 2.75) is 13.0 Å². The first kappa shape index (κ1) is 9.93. The Labute approximate surface area is 90.6 Å². The Balaban J connectivity index is 2.35. The van der Waals surface area contributed by atoms with Gasteiger partial charge in [0.05, 0.1) is 10.5 Å². The van der Waals surface area contributed by atoms with Crippen molar-refractivity contribution in [1.29, 1.82) is 0 Å². The molecule has 0 aliphatic carbocycles. The number of benzene rings is 1. The molecular formula is C10H11BrFNO. The maximum Gasteiger partial charge on any atom is 0.141 e. The largest absolute Gasteiger partial charge is 0.491 e. The van der Waals surface area contributed by atoms with Gasteiger partial charge in [-0.3, -0.25) is 0 Å². The molecule has 1 unspecified atom stereocenters. The summed E-state index contributed by atoms with van der Waals surface area (Å²) < 4.78 is 19.0. The molecule has 1 aromatic carbocycles. The number of halogens is 2. The zero-order valence-corrected chi connectivity index (χ0v) is 9.40. The second-order valence-electron chi connectivity index (χ2n) is 3.23. The molecule has 2 nitrogen and oxygen atoms in total. The lowest BCUT2D eigenvalue weighted by Gasteiger charge is -2.09. The molecule has 0 spiro atoms. The molecule has 0 amide bonds. The monoisotopic (exact) mass is 259 g/mol. The molecule has 1 aliphatic rings. The summed E-state index contributed by atoms with van der Waals surface area (Å²) in [4.78, 5) is 0. The first-order chi connectivity index (χ1) is 6.72. The number of ether oxygens (including phenoxy) is 1. The molecule has 0 saturated carbocycles. The van der Waals surface area contributed by atoms with Crippen molar-refractivity contribution in [1.82, 2.24) is 5.32 Å². The number of hydrogen-bond acceptors (Lipinski definition) is 2. The summed E-state index contributed by atoms with van der Waals surface area (Å²) in [7, 11) is 0. The Hall–Kier alpha value is -0.610. The van der Waals surface area contributed by atoms with Crippen LogP contribution in [0.15, 0.2) is 16.6 Å². The summed E-state index contributed by atoms with van der Waals surface area (Å²) in [5, 5.41) is 3.28. The van der Waals surface area contributed by atoms with Gasteiger partial charge in [-0.1, -0.05) is 6.92 Å². The quantitative estimate of drug-likeness (QED) is 0.882. The van der Waals surface area contributed by atoms with Gasteiger partial charge in [-0.15, -0.1) is 0 Å². The van der Waals surface area contributed by atoms with Gasteiger partial charge in [0.2, 0.25) is 0 Å². The molecule has 1 aliphatic heterocycles. The molecule has 0 saturated heterocycles. The number of likely N-dealkylation sites (N-methyl/N-ethyl adjacent to an activating group) is 1. The predicted molar refractivity (Wildman–Crippen MR) is 56.0 cm³/mol. The van der Waals surface area contributed by atoms with Gasteiger partial charge in [0.25, 0.3) is 0 Å². The van der Waals surface area contributed by atoms with E-state index in [0.717, 1.165) is 12.1 Å². The highest BCUT2D eigenvalue weighted by Gasteiger charge is 2.24. The molecule has 1 atom stereocenters. The number of rotatable bonds is 2. The van der Waals surface area contributed by atoms with Crippen LogP contribution in [0.4, 0.5) is 4.39 Å². The first-order valence-corrected chi connectivity index (χ1v) is 5.36. The van der Waals surface area contributed by atoms with Crippen molar-refractivity contribution in [3.63, 3.8) is 0 Å². The van der Waals surface area contributed by atoms with E-state index in [1.807, 2.05) is 6.92 Å². The molecular weight excluding hydrogens is 249 g/mol. The molecule has 0 radical (unpaired) electrons. The van der Waals surface area contributed by atoms with Crippen LogP contribution in [-0.4, -0.2) is 13.2 Å². The minimum atomic E-state index is -0.277. The average molecular weight is 260 g/mol. The molecule has 76 valence electrons. The van der Waals surface area contributed by atoms with Crippen molar-refractivity contribution in [2.24, 2.45) is 0 Å². The fourth-order valence-electron chi connectivity index (χ4n) is 1.62. The van der Waals surface area contributed by atoms with Crippen molar-refractivity contribution in [3.8, 4) is 5.75 Å². The zero-order chi connectivity index (χ0) is 10.1. The van der Waals surface area contributed by atoms with E-state index in [4.69, 9.17) is 4.74 Å². The van der Waals surface area contributed by atoms with Gasteiger partial charge < -0.3 is 10.1 Å². The molecule has 0 bridgehead atoms. The summed E-state index contributed by atoms with van der Waals surface area (Å²) in [5.41, 5.74) is 1.03. The third-order valence-corrected chi connectivity index (χ3v) is 2.89. The first-order valence-electron chi connectivity index (χ1n) is 4.57. The van der Waals surface area contributed by atoms with Crippen LogP contribution in [0.3, 0.4) is 0 Å². The van der Waals surface area contributed by atoms with Crippen LogP contribution < -0.4 is 10.1 Å². The van der Waals surface area contributed by atoms with Crippen LogP contribution in [0.2, 0.25) is 0 Å². The fraction of sp³-hybridized carbons (Fsp3) is 0.400. The van der Waals surface area contributed by atoms with Crippen LogP contribution in [0.5, 0.6) is 5.75 Å². The smallest absolute Gasteiger partial charge is 0.141 e. The van der Waals surface area contributed by atoms with Crippen LogP contribution >= 0.6 is 15.9 Å². The van der Waals surface area contributed by atoms with E-state index in [2.05, 4.69) is 21.2 Å². The Bertz CT molecular complexity index is 356. The van der Waals surface area contributed by atoms with Crippen molar-refractivity contribution in [3.05, 3.63) is 28.0 Å². The molecule has 1 aromatic rings. The molecule has 2 rings (SSSR count). The van der Waals surface area contributed by atoms with Crippen molar-refractivity contribution in [2.75, 3.05) is 13.2 Å². The van der Waals surface area contributed by atoms with Gasteiger partial charge in [0, 0.05) is 11.6 Å². The highest BCUT2D eigenvalue weighted by atomic mass is 79.9. The van der Waals surface area contributed by atoms with Gasteiger partial charge in [-0.05, 0) is 28.5 Å². The molecule has 1 heterocycles. The number of nitrogens with one attached hydrogen (secondary N) is 1. The molecule has 14 heavy (non-hydrogen) atoms. The summed E-state index contributed by atoms with van der Waals surface area (Å²) in [6.45, 7) is 3.50. The van der Waals surface area contributed by atoms with Crippen LogP contribution in [0.1, 0.15) is 18.5 Å². The van der Waals surface area contributed by atoms with Gasteiger partial charge >= 0.3 is 0 Å². The van der Waals surface area contributed by atoms with Crippen LogP contribution in [0.25, 0.3) is 0 Å². The van der Waals surface area contributed by atoms with Gasteiger partial charge in [-0.2, -0.15) is 0 Å². The Morgan fingerprint density at radius 3 is 3.14 bits per heavy atom. The van der Waals surface area contributed by atoms with Gasteiger partial charge in [0.1, 0.15) is 18.2 Å². The summed E-state index contributed by atoms with van der Waals surface area (Å²) in [6.07, 6.45) is 0. The van der Waals surface area contributed by atoms with E-state index in [1.165, 1.54) is 6.07 Å². The van der Waals surface area contributed by atoms with Gasteiger partial charge in [0.15, 0.2) is 0 Å². The third kappa shape index (κ3) is 1.64. The van der Waals surface area contributed by atoms with Crippen LogP contribution in [0, 0.1) is 5.82 Å². The van der Waals surface area contributed by atoms with E-state index in [9.17, 15) is 4.39 Å². The summed E-state index contributed by atoms with van der Waals surface area (Å²) in [6, 6.07) is 3.40. The third-order valence-electron chi connectivity index (χ3n) is 2.28. The minimum Gasteiger partial charge on any atom is -0.491 e. The summed E-state index contributed by atoms with van der Waals surface area (Å²) in [5.74, 6) is 0.373. The zero-order valence-electron chi connectivity index (χ0n) is 7.81. The normalized spacial score (nSPS) is 19.2. The van der Waals surface area contributed by atoms with E-state index in [-0.39, 0.29) is 11.9 Å². The average Bonchev–Trinajstić information content (AvgIpc) is 2.51. The predicted octanol–water partition coefficient (Wildman–Crippen LogP) is 2.63. The van der Waals surface area contributed by atoms with Gasteiger partial charge in [-0.25, -0.2) is 4.39 Å². The van der Waals surface area contributed by atoms with E-state index < -0.39 is 0 Å². The molecule has 4 heteroatoms. The second kappa shape index (κ2) is 3.87. The maximum atomic E-state index is 13.1. The van der Waals surface area contributed by atoms with Crippen molar-refractivity contribution >= 4 is 15.9 Å². The lowest BCUT2D eigenvalue weighted by atomic mass is 10.1. The molecule has 0 aromatic heterocycles.